The summed E-state index contributed by atoms with van der Waals surface area (Å²) in [5, 5.41) is 14.4. The van der Waals surface area contributed by atoms with E-state index in [-0.39, 0.29) is 6.04 Å². The monoisotopic (exact) mass is 210 g/mol. The van der Waals surface area contributed by atoms with Gasteiger partial charge in [0.1, 0.15) is 0 Å². The highest BCUT2D eigenvalue weighted by molar-refractivity contribution is 5.93. The van der Waals surface area contributed by atoms with Gasteiger partial charge in [-0.2, -0.15) is 5.26 Å². The molecule has 2 aromatic carbocycles. The van der Waals surface area contributed by atoms with Gasteiger partial charge in [-0.3, -0.25) is 0 Å². The number of nitrogens with one attached hydrogen (secondary N) is 1. The predicted octanol–water partition coefficient (Wildman–Crippen LogP) is 3.55. The Morgan fingerprint density at radius 1 is 1.19 bits per heavy atom. The van der Waals surface area contributed by atoms with Crippen LogP contribution in [0, 0.1) is 11.3 Å². The topological polar surface area (TPSA) is 35.8 Å². The van der Waals surface area contributed by atoms with Crippen molar-refractivity contribution in [2.45, 2.75) is 19.4 Å². The van der Waals surface area contributed by atoms with Gasteiger partial charge < -0.3 is 5.32 Å². The summed E-state index contributed by atoms with van der Waals surface area (Å²) < 4.78 is 0. The van der Waals surface area contributed by atoms with E-state index in [1.165, 1.54) is 10.8 Å². The largest absolute Gasteiger partial charge is 0.381 e. The molecule has 16 heavy (non-hydrogen) atoms. The molecule has 1 unspecified atom stereocenters. The van der Waals surface area contributed by atoms with Crippen molar-refractivity contribution < 1.29 is 0 Å². The molecule has 0 amide bonds. The van der Waals surface area contributed by atoms with Crippen LogP contribution in [0.3, 0.4) is 0 Å². The van der Waals surface area contributed by atoms with Crippen LogP contribution in [0.2, 0.25) is 0 Å². The van der Waals surface area contributed by atoms with Crippen molar-refractivity contribution in [2.24, 2.45) is 0 Å². The number of anilines is 1. The third kappa shape index (κ3) is 2.14. The third-order valence-electron chi connectivity index (χ3n) is 2.59. The van der Waals surface area contributed by atoms with E-state index >= 15 is 0 Å². The molecule has 2 aromatic rings. The highest BCUT2D eigenvalue weighted by atomic mass is 14.9. The van der Waals surface area contributed by atoms with Crippen molar-refractivity contribution in [2.75, 3.05) is 5.32 Å². The molecule has 0 radical (unpaired) electrons. The summed E-state index contributed by atoms with van der Waals surface area (Å²) in [6.45, 7) is 2.02. The first-order valence-electron chi connectivity index (χ1n) is 5.42. The molecular weight excluding hydrogens is 196 g/mol. The average Bonchev–Trinajstić information content (AvgIpc) is 2.30. The van der Waals surface area contributed by atoms with Crippen LogP contribution in [-0.2, 0) is 0 Å². The lowest BCUT2D eigenvalue weighted by atomic mass is 10.1. The van der Waals surface area contributed by atoms with E-state index in [1.54, 1.807) is 0 Å². The minimum atomic E-state index is 0.177. The van der Waals surface area contributed by atoms with E-state index in [4.69, 9.17) is 5.26 Å². The molecule has 1 atom stereocenters. The molecule has 0 aliphatic carbocycles. The number of nitrogens with zero attached hydrogens (tertiary/aromatic N) is 1. The fourth-order valence-corrected chi connectivity index (χ4v) is 1.80. The van der Waals surface area contributed by atoms with Crippen LogP contribution in [-0.4, -0.2) is 6.04 Å². The number of fused-ring (bicyclic) bond motifs is 1. The second kappa shape index (κ2) is 4.67. The Morgan fingerprint density at radius 2 is 1.94 bits per heavy atom. The van der Waals surface area contributed by atoms with E-state index in [9.17, 15) is 0 Å². The molecule has 0 spiro atoms. The Labute approximate surface area is 95.5 Å². The van der Waals surface area contributed by atoms with Crippen molar-refractivity contribution in [1.29, 1.82) is 5.26 Å². The van der Waals surface area contributed by atoms with E-state index in [0.717, 1.165) is 5.69 Å². The number of hydrogen-bond acceptors (Lipinski definition) is 2. The average molecular weight is 210 g/mol. The Balaban J connectivity index is 2.34. The van der Waals surface area contributed by atoms with Gasteiger partial charge in [-0.15, -0.1) is 0 Å². The van der Waals surface area contributed by atoms with Gasteiger partial charge in [-0.1, -0.05) is 36.4 Å². The normalized spacial score (nSPS) is 12.0. The summed E-state index contributed by atoms with van der Waals surface area (Å²) in [5.41, 5.74) is 1.10. The smallest absolute Gasteiger partial charge is 0.0643 e. The summed E-state index contributed by atoms with van der Waals surface area (Å²) in [4.78, 5) is 0. The van der Waals surface area contributed by atoms with E-state index in [0.29, 0.717) is 6.42 Å². The summed E-state index contributed by atoms with van der Waals surface area (Å²) in [6, 6.07) is 16.8. The van der Waals surface area contributed by atoms with Crippen LogP contribution in [0.5, 0.6) is 0 Å². The molecule has 0 saturated heterocycles. The number of rotatable bonds is 3. The Hall–Kier alpha value is -2.01. The zero-order chi connectivity index (χ0) is 11.4. The first-order chi connectivity index (χ1) is 7.81. The fraction of sp³-hybridized carbons (Fsp3) is 0.214. The SMILES string of the molecule is CC(CC#N)Nc1cccc2ccccc12. The first-order valence-corrected chi connectivity index (χ1v) is 5.42. The van der Waals surface area contributed by atoms with Crippen LogP contribution >= 0.6 is 0 Å². The minimum absolute atomic E-state index is 0.177. The molecule has 0 heterocycles. The van der Waals surface area contributed by atoms with E-state index < -0.39 is 0 Å². The molecule has 0 aromatic heterocycles. The maximum atomic E-state index is 8.64. The Morgan fingerprint density at radius 3 is 2.75 bits per heavy atom. The van der Waals surface area contributed by atoms with Crippen LogP contribution in [0.1, 0.15) is 13.3 Å². The second-order valence-electron chi connectivity index (χ2n) is 3.93. The van der Waals surface area contributed by atoms with Gasteiger partial charge in [-0.05, 0) is 18.4 Å². The van der Waals surface area contributed by atoms with E-state index in [1.807, 2.05) is 25.1 Å². The molecule has 0 saturated carbocycles. The maximum absolute atomic E-state index is 8.64. The van der Waals surface area contributed by atoms with Gasteiger partial charge in [0.2, 0.25) is 0 Å². The molecule has 2 rings (SSSR count). The molecule has 0 aliphatic heterocycles. The van der Waals surface area contributed by atoms with Crippen LogP contribution in [0.15, 0.2) is 42.5 Å². The van der Waals surface area contributed by atoms with Crippen molar-refractivity contribution in [3.05, 3.63) is 42.5 Å². The zero-order valence-corrected chi connectivity index (χ0v) is 9.27. The Bertz CT molecular complexity index is 520. The summed E-state index contributed by atoms with van der Waals surface area (Å²) in [6.07, 6.45) is 0.517. The maximum Gasteiger partial charge on any atom is 0.0643 e. The molecule has 80 valence electrons. The predicted molar refractivity (Wildman–Crippen MR) is 67.3 cm³/mol. The third-order valence-corrected chi connectivity index (χ3v) is 2.59. The molecule has 0 fully saturated rings. The van der Waals surface area contributed by atoms with Gasteiger partial charge >= 0.3 is 0 Å². The standard InChI is InChI=1S/C14H14N2/c1-11(9-10-15)16-14-8-4-6-12-5-2-3-7-13(12)14/h2-8,11,16H,9H2,1H3. The van der Waals surface area contributed by atoms with Gasteiger partial charge in [0.05, 0.1) is 12.5 Å². The van der Waals surface area contributed by atoms with Gasteiger partial charge in [-0.25, -0.2) is 0 Å². The van der Waals surface area contributed by atoms with Crippen LogP contribution in [0.25, 0.3) is 10.8 Å². The quantitative estimate of drug-likeness (QED) is 0.840. The summed E-state index contributed by atoms with van der Waals surface area (Å²) in [5.74, 6) is 0. The lowest BCUT2D eigenvalue weighted by molar-refractivity contribution is 0.822. The molecule has 0 bridgehead atoms. The Kier molecular flexibility index (Phi) is 3.07. The van der Waals surface area contributed by atoms with Gasteiger partial charge in [0.25, 0.3) is 0 Å². The van der Waals surface area contributed by atoms with Crippen molar-refractivity contribution in [3.8, 4) is 6.07 Å². The number of benzene rings is 2. The molecular formula is C14H14N2. The van der Waals surface area contributed by atoms with Crippen molar-refractivity contribution in [1.82, 2.24) is 0 Å². The van der Waals surface area contributed by atoms with Gasteiger partial charge in [0, 0.05) is 17.1 Å². The molecule has 2 nitrogen and oxygen atoms in total. The highest BCUT2D eigenvalue weighted by Gasteiger charge is 2.03. The minimum Gasteiger partial charge on any atom is -0.381 e. The molecule has 2 heteroatoms. The lowest BCUT2D eigenvalue weighted by Gasteiger charge is -2.14. The van der Waals surface area contributed by atoms with Crippen molar-refractivity contribution in [3.63, 3.8) is 0 Å². The van der Waals surface area contributed by atoms with Crippen LogP contribution in [0.4, 0.5) is 5.69 Å². The molecule has 0 aliphatic rings. The summed E-state index contributed by atoms with van der Waals surface area (Å²) in [7, 11) is 0. The highest BCUT2D eigenvalue weighted by Crippen LogP contribution is 2.23. The van der Waals surface area contributed by atoms with E-state index in [2.05, 4.69) is 35.7 Å². The summed E-state index contributed by atoms with van der Waals surface area (Å²) >= 11 is 0. The fourth-order valence-electron chi connectivity index (χ4n) is 1.80. The van der Waals surface area contributed by atoms with Gasteiger partial charge in [0.15, 0.2) is 0 Å². The number of nitriles is 1. The van der Waals surface area contributed by atoms with Crippen molar-refractivity contribution >= 4 is 16.5 Å². The lowest BCUT2D eigenvalue weighted by Crippen LogP contribution is -2.14. The van der Waals surface area contributed by atoms with Crippen LogP contribution < -0.4 is 5.32 Å². The first kappa shape index (κ1) is 10.5. The zero-order valence-electron chi connectivity index (χ0n) is 9.27. The second-order valence-corrected chi connectivity index (χ2v) is 3.93. The molecule has 1 N–H and O–H groups in total. The number of hydrogen-bond donors (Lipinski definition) is 1.